The number of ether oxygens (including phenoxy) is 1. The van der Waals surface area contributed by atoms with Gasteiger partial charge in [0.25, 0.3) is 11.8 Å². The van der Waals surface area contributed by atoms with Crippen molar-refractivity contribution in [2.75, 3.05) is 39.2 Å². The van der Waals surface area contributed by atoms with Gasteiger partial charge in [0.05, 0.1) is 13.2 Å². The maximum Gasteiger partial charge on any atom is 0.334 e. The monoisotopic (exact) mass is 387 g/mol. The number of hydrogen-bond donors (Lipinski definition) is 3. The Morgan fingerprint density at radius 1 is 1.58 bits per heavy atom. The quantitative estimate of drug-likeness (QED) is 0.186. The van der Waals surface area contributed by atoms with Crippen LogP contribution in [0.15, 0.2) is 10.5 Å². The number of anilines is 1. The van der Waals surface area contributed by atoms with Crippen LogP contribution in [0.5, 0.6) is 0 Å². The molecule has 2 heterocycles. The highest BCUT2D eigenvalue weighted by Crippen LogP contribution is 2.14. The fourth-order valence-electron chi connectivity index (χ4n) is 1.87. The highest BCUT2D eigenvalue weighted by Gasteiger charge is 2.40. The summed E-state index contributed by atoms with van der Waals surface area (Å²) in [5.74, 6) is -1.93. The Bertz CT molecular complexity index is 707. The zero-order chi connectivity index (χ0) is 19.1. The molecule has 13 heteroatoms. The van der Waals surface area contributed by atoms with E-state index < -0.39 is 30.4 Å². The normalized spacial score (nSPS) is 16.8. The van der Waals surface area contributed by atoms with E-state index in [1.54, 1.807) is 0 Å². The number of aliphatic hydroxyl groups excluding tert-OH is 1. The van der Waals surface area contributed by atoms with Gasteiger partial charge in [-0.05, 0) is 0 Å². The zero-order valence-electron chi connectivity index (χ0n) is 13.7. The largest absolute Gasteiger partial charge is 0.461 e. The molecule has 1 fully saturated rings. The fourth-order valence-corrected chi connectivity index (χ4v) is 2.42. The second kappa shape index (κ2) is 9.07. The third-order valence-electron chi connectivity index (χ3n) is 3.05. The lowest BCUT2D eigenvalue weighted by atomic mass is 10.1. The molecule has 0 saturated carbocycles. The number of rotatable bonds is 9. The number of carbonyl (C=O) groups excluding carboxylic acids is 3. The number of nitrogens with zero attached hydrogens (tertiary/aromatic N) is 3. The summed E-state index contributed by atoms with van der Waals surface area (Å²) in [4.78, 5) is 49.0. The van der Waals surface area contributed by atoms with Gasteiger partial charge in [0.1, 0.15) is 25.5 Å². The zero-order valence-corrected chi connectivity index (χ0v) is 14.5. The van der Waals surface area contributed by atoms with Crippen LogP contribution in [0.25, 0.3) is 0 Å². The number of β-lactam (4-membered cyclic amide) rings is 1. The molecule has 1 aromatic heterocycles. The van der Waals surface area contributed by atoms with Crippen LogP contribution in [0.1, 0.15) is 5.69 Å². The smallest absolute Gasteiger partial charge is 0.334 e. The van der Waals surface area contributed by atoms with Crippen molar-refractivity contribution in [3.63, 3.8) is 0 Å². The number of amides is 2. The van der Waals surface area contributed by atoms with Crippen LogP contribution in [0.4, 0.5) is 5.13 Å². The van der Waals surface area contributed by atoms with Crippen LogP contribution in [0.2, 0.25) is 0 Å². The Balaban J connectivity index is 1.84. The minimum Gasteiger partial charge on any atom is -0.461 e. The van der Waals surface area contributed by atoms with Gasteiger partial charge in [-0.15, -0.1) is 11.3 Å². The predicted octanol–water partition coefficient (Wildman–Crippen LogP) is -2.13. The van der Waals surface area contributed by atoms with E-state index in [0.29, 0.717) is 0 Å². The molecule has 0 unspecified atom stereocenters. The molecular weight excluding hydrogens is 370 g/mol. The number of nitrogens with two attached hydrogens (primary N) is 1. The standard InChI is InChI=1S/C13H17N5O7S/c1-23-17-10(8-6-26-13(14)16-8)11(21)15-7-4-18(12(7)22)25-5-9(20)24-3-2-19/h6-7,19H,2-5H2,1H3,(H2,14,16)(H,15,21)/t7-/m0/s1. The Hall–Kier alpha value is -2.77. The lowest BCUT2D eigenvalue weighted by molar-refractivity contribution is -0.218. The van der Waals surface area contributed by atoms with Gasteiger partial charge in [-0.2, -0.15) is 0 Å². The van der Waals surface area contributed by atoms with E-state index in [4.69, 9.17) is 15.7 Å². The number of aromatic nitrogens is 1. The Labute approximate surface area is 151 Å². The molecule has 0 spiro atoms. The Morgan fingerprint density at radius 3 is 2.92 bits per heavy atom. The van der Waals surface area contributed by atoms with E-state index in [1.807, 2.05) is 0 Å². The van der Waals surface area contributed by atoms with E-state index in [0.717, 1.165) is 16.4 Å². The molecule has 0 bridgehead atoms. The molecule has 1 aromatic rings. The van der Waals surface area contributed by atoms with E-state index in [-0.39, 0.29) is 36.3 Å². The van der Waals surface area contributed by atoms with E-state index in [2.05, 4.69) is 25.0 Å². The number of nitrogens with one attached hydrogen (secondary N) is 1. The summed E-state index contributed by atoms with van der Waals surface area (Å²) in [5, 5.41) is 17.3. The molecule has 0 aromatic carbocycles. The van der Waals surface area contributed by atoms with Gasteiger partial charge in [-0.25, -0.2) is 14.8 Å². The van der Waals surface area contributed by atoms with Gasteiger partial charge < -0.3 is 25.7 Å². The van der Waals surface area contributed by atoms with Crippen LogP contribution in [-0.4, -0.2) is 78.2 Å². The highest BCUT2D eigenvalue weighted by atomic mass is 32.1. The number of hydrogen-bond acceptors (Lipinski definition) is 11. The number of oxime groups is 1. The summed E-state index contributed by atoms with van der Waals surface area (Å²) in [6, 6.07) is -0.839. The van der Waals surface area contributed by atoms with Crippen LogP contribution in [-0.2, 0) is 28.8 Å². The predicted molar refractivity (Wildman–Crippen MR) is 87.7 cm³/mol. The minimum absolute atomic E-state index is 0.0390. The lowest BCUT2D eigenvalue weighted by Gasteiger charge is -2.36. The second-order valence-corrected chi connectivity index (χ2v) is 5.73. The number of esters is 1. The summed E-state index contributed by atoms with van der Waals surface area (Å²) >= 11 is 1.13. The van der Waals surface area contributed by atoms with Crippen molar-refractivity contribution in [3.8, 4) is 0 Å². The first kappa shape index (κ1) is 19.6. The van der Waals surface area contributed by atoms with Crippen LogP contribution >= 0.6 is 11.3 Å². The molecule has 0 radical (unpaired) electrons. The van der Waals surface area contributed by atoms with Gasteiger partial charge in [-0.1, -0.05) is 5.16 Å². The van der Waals surface area contributed by atoms with Crippen molar-refractivity contribution in [2.24, 2.45) is 5.16 Å². The minimum atomic E-state index is -0.839. The molecule has 142 valence electrons. The summed E-state index contributed by atoms with van der Waals surface area (Å²) in [6.07, 6.45) is 0. The van der Waals surface area contributed by atoms with E-state index in [9.17, 15) is 14.4 Å². The first-order valence-electron chi connectivity index (χ1n) is 7.30. The molecular formula is C13H17N5O7S. The maximum atomic E-state index is 12.3. The molecule has 1 aliphatic heterocycles. The SMILES string of the molecule is CON=C(C(=O)N[C@H]1CN(OCC(=O)OCCO)C1=O)c1csc(N)n1. The first-order valence-corrected chi connectivity index (χ1v) is 8.18. The molecule has 12 nitrogen and oxygen atoms in total. The van der Waals surface area contributed by atoms with Crippen molar-refractivity contribution in [3.05, 3.63) is 11.1 Å². The molecule has 1 atom stereocenters. The van der Waals surface area contributed by atoms with Crippen molar-refractivity contribution in [1.82, 2.24) is 15.4 Å². The third-order valence-corrected chi connectivity index (χ3v) is 3.73. The van der Waals surface area contributed by atoms with Crippen molar-refractivity contribution in [1.29, 1.82) is 0 Å². The van der Waals surface area contributed by atoms with Crippen molar-refractivity contribution < 1.29 is 33.9 Å². The van der Waals surface area contributed by atoms with Gasteiger partial charge in [0, 0.05) is 5.38 Å². The third kappa shape index (κ3) is 4.87. The topological polar surface area (TPSA) is 166 Å². The van der Waals surface area contributed by atoms with E-state index in [1.165, 1.54) is 12.5 Å². The van der Waals surface area contributed by atoms with E-state index >= 15 is 0 Å². The summed E-state index contributed by atoms with van der Waals surface area (Å²) in [6.45, 7) is -0.908. The first-order chi connectivity index (χ1) is 12.5. The second-order valence-electron chi connectivity index (χ2n) is 4.84. The summed E-state index contributed by atoms with van der Waals surface area (Å²) < 4.78 is 4.58. The number of nitrogen functional groups attached to an aromatic ring is 1. The molecule has 26 heavy (non-hydrogen) atoms. The van der Waals surface area contributed by atoms with Gasteiger partial charge in [0.2, 0.25) is 0 Å². The van der Waals surface area contributed by atoms with Crippen molar-refractivity contribution >= 4 is 40.0 Å². The highest BCUT2D eigenvalue weighted by molar-refractivity contribution is 7.13. The van der Waals surface area contributed by atoms with Crippen LogP contribution < -0.4 is 11.1 Å². The molecule has 2 amide bonds. The van der Waals surface area contributed by atoms with Gasteiger partial charge >= 0.3 is 5.97 Å². The molecule has 1 aliphatic rings. The molecule has 0 aliphatic carbocycles. The number of thiazole rings is 1. The molecule has 1 saturated heterocycles. The Kier molecular flexibility index (Phi) is 6.82. The summed E-state index contributed by atoms with van der Waals surface area (Å²) in [5.41, 5.74) is 5.63. The Morgan fingerprint density at radius 2 is 2.35 bits per heavy atom. The lowest BCUT2D eigenvalue weighted by Crippen LogP contribution is -2.64. The van der Waals surface area contributed by atoms with Crippen LogP contribution in [0, 0.1) is 0 Å². The maximum absolute atomic E-state index is 12.3. The number of aliphatic hydroxyl groups is 1. The fraction of sp³-hybridized carbons (Fsp3) is 0.462. The average Bonchev–Trinajstić information content (AvgIpc) is 3.05. The van der Waals surface area contributed by atoms with Crippen LogP contribution in [0.3, 0.4) is 0 Å². The van der Waals surface area contributed by atoms with Crippen molar-refractivity contribution in [2.45, 2.75) is 6.04 Å². The molecule has 4 N–H and O–H groups in total. The number of hydroxylamine groups is 2. The van der Waals surface area contributed by atoms with Gasteiger partial charge in [-0.3, -0.25) is 14.4 Å². The average molecular weight is 387 g/mol. The molecule has 2 rings (SSSR count). The van der Waals surface area contributed by atoms with Gasteiger partial charge in [0.15, 0.2) is 17.5 Å². The number of carbonyl (C=O) groups is 3. The summed E-state index contributed by atoms with van der Waals surface area (Å²) in [7, 11) is 1.27.